The van der Waals surface area contributed by atoms with Crippen molar-refractivity contribution in [3.63, 3.8) is 0 Å². The Labute approximate surface area is 114 Å². The third kappa shape index (κ3) is 2.14. The van der Waals surface area contributed by atoms with E-state index in [-0.39, 0.29) is 0 Å². The van der Waals surface area contributed by atoms with Crippen LogP contribution in [0.4, 0.5) is 0 Å². The van der Waals surface area contributed by atoms with Gasteiger partial charge < -0.3 is 5.32 Å². The van der Waals surface area contributed by atoms with Crippen molar-refractivity contribution in [2.24, 2.45) is 5.92 Å². The molecule has 98 valence electrons. The van der Waals surface area contributed by atoms with Crippen LogP contribution in [0, 0.1) is 5.92 Å². The van der Waals surface area contributed by atoms with Gasteiger partial charge in [0.2, 0.25) is 0 Å². The van der Waals surface area contributed by atoms with Gasteiger partial charge in [-0.15, -0.1) is 0 Å². The third-order valence-corrected chi connectivity index (χ3v) is 4.73. The van der Waals surface area contributed by atoms with Crippen LogP contribution >= 0.6 is 0 Å². The second-order valence-electron chi connectivity index (χ2n) is 6.05. The highest BCUT2D eigenvalue weighted by atomic mass is 14.9. The number of pyridine rings is 1. The van der Waals surface area contributed by atoms with E-state index in [0.29, 0.717) is 5.92 Å². The Balaban J connectivity index is 1.59. The van der Waals surface area contributed by atoms with Gasteiger partial charge in [0.15, 0.2) is 0 Å². The fourth-order valence-corrected chi connectivity index (χ4v) is 3.26. The van der Waals surface area contributed by atoms with Gasteiger partial charge in [-0.3, -0.25) is 4.98 Å². The topological polar surface area (TPSA) is 24.9 Å². The lowest BCUT2D eigenvalue weighted by molar-refractivity contribution is 0.246. The molecule has 0 spiro atoms. The molecule has 1 aromatic carbocycles. The van der Waals surface area contributed by atoms with Crippen molar-refractivity contribution in [1.82, 2.24) is 10.3 Å². The lowest BCUT2D eigenvalue weighted by Crippen LogP contribution is -2.34. The zero-order valence-electron chi connectivity index (χ0n) is 11.2. The monoisotopic (exact) mass is 252 g/mol. The van der Waals surface area contributed by atoms with Crippen LogP contribution in [0.15, 0.2) is 36.5 Å². The Morgan fingerprint density at radius 3 is 2.74 bits per heavy atom. The molecule has 2 nitrogen and oxygen atoms in total. The number of nitrogens with zero attached hydrogens (tertiary/aromatic N) is 1. The molecule has 0 aliphatic heterocycles. The largest absolute Gasteiger partial charge is 0.314 e. The molecule has 0 bridgehead atoms. The van der Waals surface area contributed by atoms with Crippen molar-refractivity contribution in [3.05, 3.63) is 42.1 Å². The van der Waals surface area contributed by atoms with Gasteiger partial charge in [-0.1, -0.05) is 24.3 Å². The van der Waals surface area contributed by atoms with Crippen LogP contribution in [-0.4, -0.2) is 17.6 Å². The number of nitrogens with one attached hydrogen (secondary N) is 1. The molecule has 1 aromatic heterocycles. The summed E-state index contributed by atoms with van der Waals surface area (Å²) in [6, 6.07) is 11.7. The van der Waals surface area contributed by atoms with Crippen molar-refractivity contribution in [2.45, 2.75) is 37.6 Å². The zero-order valence-corrected chi connectivity index (χ0v) is 11.2. The van der Waals surface area contributed by atoms with Gasteiger partial charge in [-0.25, -0.2) is 0 Å². The van der Waals surface area contributed by atoms with Gasteiger partial charge in [0, 0.05) is 17.6 Å². The van der Waals surface area contributed by atoms with E-state index in [1.165, 1.54) is 48.7 Å². The van der Waals surface area contributed by atoms with Crippen LogP contribution in [0.25, 0.3) is 10.9 Å². The minimum atomic E-state index is 0.713. The van der Waals surface area contributed by atoms with Crippen molar-refractivity contribution in [2.75, 3.05) is 6.54 Å². The number of benzene rings is 1. The maximum atomic E-state index is 4.61. The molecule has 2 heteroatoms. The van der Waals surface area contributed by atoms with E-state index < -0.39 is 0 Å². The maximum absolute atomic E-state index is 4.61. The molecule has 2 aliphatic carbocycles. The predicted molar refractivity (Wildman–Crippen MR) is 78.2 cm³/mol. The van der Waals surface area contributed by atoms with Crippen molar-refractivity contribution >= 4 is 10.9 Å². The van der Waals surface area contributed by atoms with Crippen molar-refractivity contribution in [3.8, 4) is 0 Å². The lowest BCUT2D eigenvalue weighted by Gasteiger charge is -2.37. The molecule has 2 aromatic rings. The Kier molecular flexibility index (Phi) is 2.77. The summed E-state index contributed by atoms with van der Waals surface area (Å²) in [5, 5.41) is 4.96. The van der Waals surface area contributed by atoms with Crippen LogP contribution in [0.3, 0.4) is 0 Å². The standard InChI is InChI=1S/C17H20N2/c1-3-12-4-2-10-18-17(12)16(5-1)15-9-6-13(15)11-19-14-7-8-14/h1-5,10,13-15,19H,6-9,11H2. The summed E-state index contributed by atoms with van der Waals surface area (Å²) >= 11 is 0. The summed E-state index contributed by atoms with van der Waals surface area (Å²) in [6.07, 6.45) is 7.38. The summed E-state index contributed by atoms with van der Waals surface area (Å²) in [5.41, 5.74) is 2.68. The van der Waals surface area contributed by atoms with E-state index in [4.69, 9.17) is 0 Å². The first-order valence-electron chi connectivity index (χ1n) is 7.49. The van der Waals surface area contributed by atoms with E-state index in [1.807, 2.05) is 12.3 Å². The molecule has 4 rings (SSSR count). The maximum Gasteiger partial charge on any atom is 0.0736 e. The summed E-state index contributed by atoms with van der Waals surface area (Å²) in [4.78, 5) is 4.61. The predicted octanol–water partition coefficient (Wildman–Crippen LogP) is 3.48. The highest BCUT2D eigenvalue weighted by molar-refractivity contribution is 5.82. The van der Waals surface area contributed by atoms with Gasteiger partial charge in [0.25, 0.3) is 0 Å². The molecule has 2 fully saturated rings. The van der Waals surface area contributed by atoms with E-state index in [1.54, 1.807) is 0 Å². The number of aromatic nitrogens is 1. The summed E-state index contributed by atoms with van der Waals surface area (Å²) in [7, 11) is 0. The normalized spacial score (nSPS) is 26.3. The van der Waals surface area contributed by atoms with Crippen LogP contribution < -0.4 is 5.32 Å². The van der Waals surface area contributed by atoms with Gasteiger partial charge in [0.05, 0.1) is 5.52 Å². The average Bonchev–Trinajstić information content (AvgIpc) is 3.22. The molecule has 0 amide bonds. The summed E-state index contributed by atoms with van der Waals surface area (Å²) < 4.78 is 0. The second-order valence-corrected chi connectivity index (χ2v) is 6.05. The minimum Gasteiger partial charge on any atom is -0.314 e. The van der Waals surface area contributed by atoms with E-state index in [2.05, 4.69) is 34.6 Å². The number of hydrogen-bond acceptors (Lipinski definition) is 2. The Bertz CT molecular complexity index is 583. The molecule has 1 heterocycles. The van der Waals surface area contributed by atoms with E-state index in [9.17, 15) is 0 Å². The third-order valence-electron chi connectivity index (χ3n) is 4.73. The van der Waals surface area contributed by atoms with Gasteiger partial charge >= 0.3 is 0 Å². The highest BCUT2D eigenvalue weighted by Gasteiger charge is 2.34. The van der Waals surface area contributed by atoms with Gasteiger partial charge in [-0.2, -0.15) is 0 Å². The lowest BCUT2D eigenvalue weighted by atomic mass is 9.69. The SMILES string of the molecule is c1cnc2c(C3CCC3CNC3CC3)cccc2c1. The molecular weight excluding hydrogens is 232 g/mol. The summed E-state index contributed by atoms with van der Waals surface area (Å²) in [5.74, 6) is 1.53. The molecule has 19 heavy (non-hydrogen) atoms. The average molecular weight is 252 g/mol. The number of rotatable bonds is 4. The highest BCUT2D eigenvalue weighted by Crippen LogP contribution is 2.44. The zero-order chi connectivity index (χ0) is 12.7. The minimum absolute atomic E-state index is 0.713. The first-order chi connectivity index (χ1) is 9.42. The molecule has 0 saturated heterocycles. The summed E-state index contributed by atoms with van der Waals surface area (Å²) in [6.45, 7) is 1.19. The van der Waals surface area contributed by atoms with Crippen molar-refractivity contribution in [1.29, 1.82) is 0 Å². The molecule has 0 radical (unpaired) electrons. The van der Waals surface area contributed by atoms with Gasteiger partial charge in [0.1, 0.15) is 0 Å². The molecular formula is C17H20N2. The van der Waals surface area contributed by atoms with E-state index in [0.717, 1.165) is 12.0 Å². The van der Waals surface area contributed by atoms with Gasteiger partial charge in [-0.05, 0) is 55.7 Å². The van der Waals surface area contributed by atoms with E-state index >= 15 is 0 Å². The fourth-order valence-electron chi connectivity index (χ4n) is 3.26. The Morgan fingerprint density at radius 2 is 1.95 bits per heavy atom. The molecule has 2 aliphatic rings. The van der Waals surface area contributed by atoms with Crippen LogP contribution in [-0.2, 0) is 0 Å². The number of hydrogen-bond donors (Lipinski definition) is 1. The Morgan fingerprint density at radius 1 is 1.05 bits per heavy atom. The quantitative estimate of drug-likeness (QED) is 0.901. The first-order valence-corrected chi connectivity index (χ1v) is 7.49. The molecule has 2 unspecified atom stereocenters. The number of para-hydroxylation sites is 1. The first kappa shape index (κ1) is 11.4. The van der Waals surface area contributed by atoms with Crippen molar-refractivity contribution < 1.29 is 0 Å². The van der Waals surface area contributed by atoms with Crippen LogP contribution in [0.2, 0.25) is 0 Å². The molecule has 2 atom stereocenters. The van der Waals surface area contributed by atoms with Crippen LogP contribution in [0.1, 0.15) is 37.2 Å². The Hall–Kier alpha value is -1.41. The fraction of sp³-hybridized carbons (Fsp3) is 0.471. The smallest absolute Gasteiger partial charge is 0.0736 e. The molecule has 2 saturated carbocycles. The van der Waals surface area contributed by atoms with Crippen LogP contribution in [0.5, 0.6) is 0 Å². The second kappa shape index (κ2) is 4.61. The number of fused-ring (bicyclic) bond motifs is 1. The molecule has 1 N–H and O–H groups in total.